The molecule has 2 amide bonds. The van der Waals surface area contributed by atoms with E-state index in [0.29, 0.717) is 16.4 Å². The van der Waals surface area contributed by atoms with E-state index in [0.717, 1.165) is 16.1 Å². The monoisotopic (exact) mass is 365 g/mol. The molecule has 0 saturated carbocycles. The number of anilines is 2. The number of thiazole rings is 1. The van der Waals surface area contributed by atoms with Crippen molar-refractivity contribution in [2.45, 2.75) is 20.8 Å². The predicted octanol–water partition coefficient (Wildman–Crippen LogP) is 4.64. The van der Waals surface area contributed by atoms with Gasteiger partial charge < -0.3 is 5.32 Å². The highest BCUT2D eigenvalue weighted by Crippen LogP contribution is 2.30. The molecule has 0 aliphatic carbocycles. The van der Waals surface area contributed by atoms with E-state index in [2.05, 4.69) is 15.6 Å². The van der Waals surface area contributed by atoms with Crippen LogP contribution < -0.4 is 10.6 Å². The van der Waals surface area contributed by atoms with Crippen LogP contribution in [0.25, 0.3) is 11.3 Å². The molecular weight excluding hydrogens is 346 g/mol. The highest BCUT2D eigenvalue weighted by molar-refractivity contribution is 7.16. The van der Waals surface area contributed by atoms with Gasteiger partial charge >= 0.3 is 0 Å². The summed E-state index contributed by atoms with van der Waals surface area (Å²) in [6.45, 7) is 5.45. The van der Waals surface area contributed by atoms with Gasteiger partial charge in [0.15, 0.2) is 5.13 Å². The van der Waals surface area contributed by atoms with E-state index in [1.54, 1.807) is 24.3 Å². The van der Waals surface area contributed by atoms with Gasteiger partial charge in [-0.05, 0) is 32.0 Å². The van der Waals surface area contributed by atoms with Crippen molar-refractivity contribution in [1.82, 2.24) is 4.98 Å². The molecule has 0 unspecified atom stereocenters. The van der Waals surface area contributed by atoms with Crippen molar-refractivity contribution in [3.8, 4) is 11.3 Å². The SMILES string of the molecule is CC(=O)Nc1cccc(C(=O)Nc2nc(-c3ccc(C)cc3)c(C)s2)c1. The third-order valence-corrected chi connectivity index (χ3v) is 4.67. The summed E-state index contributed by atoms with van der Waals surface area (Å²) in [7, 11) is 0. The van der Waals surface area contributed by atoms with Crippen molar-refractivity contribution in [3.63, 3.8) is 0 Å². The maximum absolute atomic E-state index is 12.5. The first-order valence-electron chi connectivity index (χ1n) is 8.16. The summed E-state index contributed by atoms with van der Waals surface area (Å²) >= 11 is 1.44. The van der Waals surface area contributed by atoms with Crippen LogP contribution >= 0.6 is 11.3 Å². The lowest BCUT2D eigenvalue weighted by Gasteiger charge is -2.05. The number of hydrogen-bond donors (Lipinski definition) is 2. The van der Waals surface area contributed by atoms with E-state index < -0.39 is 0 Å². The van der Waals surface area contributed by atoms with Crippen LogP contribution in [-0.2, 0) is 4.79 Å². The molecule has 0 spiro atoms. The Hall–Kier alpha value is -2.99. The summed E-state index contributed by atoms with van der Waals surface area (Å²) in [5.74, 6) is -0.442. The molecule has 0 bridgehead atoms. The third kappa shape index (κ3) is 4.15. The Morgan fingerprint density at radius 2 is 1.73 bits per heavy atom. The maximum atomic E-state index is 12.5. The lowest BCUT2D eigenvalue weighted by molar-refractivity contribution is -0.114. The normalized spacial score (nSPS) is 10.4. The number of carbonyl (C=O) groups is 2. The lowest BCUT2D eigenvalue weighted by Crippen LogP contribution is -2.13. The Labute approximate surface area is 156 Å². The van der Waals surface area contributed by atoms with Crippen LogP contribution in [0.5, 0.6) is 0 Å². The summed E-state index contributed by atoms with van der Waals surface area (Å²) in [5, 5.41) is 6.06. The molecule has 2 N–H and O–H groups in total. The van der Waals surface area contributed by atoms with E-state index in [1.807, 2.05) is 38.1 Å². The van der Waals surface area contributed by atoms with Crippen molar-refractivity contribution < 1.29 is 9.59 Å². The number of benzene rings is 2. The fourth-order valence-electron chi connectivity index (χ4n) is 2.54. The minimum Gasteiger partial charge on any atom is -0.326 e. The smallest absolute Gasteiger partial charge is 0.257 e. The Balaban J connectivity index is 1.79. The quantitative estimate of drug-likeness (QED) is 0.708. The molecule has 26 heavy (non-hydrogen) atoms. The Kier molecular flexibility index (Phi) is 5.14. The second-order valence-corrected chi connectivity index (χ2v) is 7.21. The van der Waals surface area contributed by atoms with E-state index in [9.17, 15) is 9.59 Å². The summed E-state index contributed by atoms with van der Waals surface area (Å²) in [6.07, 6.45) is 0. The minimum atomic E-state index is -0.263. The number of rotatable bonds is 4. The fourth-order valence-corrected chi connectivity index (χ4v) is 3.37. The van der Waals surface area contributed by atoms with Gasteiger partial charge in [0.05, 0.1) is 5.69 Å². The van der Waals surface area contributed by atoms with Gasteiger partial charge in [-0.2, -0.15) is 0 Å². The molecule has 0 saturated heterocycles. The van der Waals surface area contributed by atoms with Crippen molar-refractivity contribution in [3.05, 3.63) is 64.5 Å². The van der Waals surface area contributed by atoms with Gasteiger partial charge in [0.2, 0.25) is 5.91 Å². The van der Waals surface area contributed by atoms with Crippen LogP contribution in [-0.4, -0.2) is 16.8 Å². The van der Waals surface area contributed by atoms with E-state index in [4.69, 9.17) is 0 Å². The standard InChI is InChI=1S/C20H19N3O2S/c1-12-7-9-15(10-8-12)18-13(2)26-20(22-18)23-19(25)16-5-4-6-17(11-16)21-14(3)24/h4-11H,1-3H3,(H,21,24)(H,22,23,25). The van der Waals surface area contributed by atoms with Gasteiger partial charge in [0.25, 0.3) is 5.91 Å². The van der Waals surface area contributed by atoms with Gasteiger partial charge in [-0.15, -0.1) is 11.3 Å². The Morgan fingerprint density at radius 1 is 1.00 bits per heavy atom. The molecule has 0 aliphatic rings. The highest BCUT2D eigenvalue weighted by atomic mass is 32.1. The molecule has 1 heterocycles. The number of nitrogens with one attached hydrogen (secondary N) is 2. The average molecular weight is 365 g/mol. The van der Waals surface area contributed by atoms with E-state index >= 15 is 0 Å². The lowest BCUT2D eigenvalue weighted by atomic mass is 10.1. The molecular formula is C20H19N3O2S. The molecule has 3 rings (SSSR count). The summed E-state index contributed by atoms with van der Waals surface area (Å²) in [4.78, 5) is 29.3. The van der Waals surface area contributed by atoms with Crippen LogP contribution in [0, 0.1) is 13.8 Å². The molecule has 0 atom stereocenters. The van der Waals surface area contributed by atoms with Gasteiger partial charge in [0, 0.05) is 28.6 Å². The van der Waals surface area contributed by atoms with Crippen LogP contribution in [0.3, 0.4) is 0 Å². The van der Waals surface area contributed by atoms with Crippen molar-refractivity contribution >= 4 is 34.0 Å². The number of aromatic nitrogens is 1. The summed E-state index contributed by atoms with van der Waals surface area (Å²) < 4.78 is 0. The molecule has 132 valence electrons. The largest absolute Gasteiger partial charge is 0.326 e. The van der Waals surface area contributed by atoms with Crippen molar-refractivity contribution in [1.29, 1.82) is 0 Å². The first-order chi connectivity index (χ1) is 12.4. The van der Waals surface area contributed by atoms with Gasteiger partial charge in [0.1, 0.15) is 0 Å². The molecule has 0 fully saturated rings. The van der Waals surface area contributed by atoms with Gasteiger partial charge in [-0.25, -0.2) is 4.98 Å². The summed E-state index contributed by atoms with van der Waals surface area (Å²) in [5.41, 5.74) is 4.13. The van der Waals surface area contributed by atoms with E-state index in [-0.39, 0.29) is 11.8 Å². The molecule has 6 heteroatoms. The number of nitrogens with zero attached hydrogens (tertiary/aromatic N) is 1. The Bertz CT molecular complexity index is 961. The highest BCUT2D eigenvalue weighted by Gasteiger charge is 2.13. The molecule has 1 aromatic heterocycles. The zero-order chi connectivity index (χ0) is 18.7. The zero-order valence-corrected chi connectivity index (χ0v) is 15.6. The topological polar surface area (TPSA) is 71.1 Å². The first-order valence-corrected chi connectivity index (χ1v) is 8.97. The number of carbonyl (C=O) groups excluding carboxylic acids is 2. The molecule has 5 nitrogen and oxygen atoms in total. The Morgan fingerprint density at radius 3 is 2.42 bits per heavy atom. The maximum Gasteiger partial charge on any atom is 0.257 e. The second kappa shape index (κ2) is 7.49. The average Bonchev–Trinajstić information content (AvgIpc) is 2.95. The van der Waals surface area contributed by atoms with Crippen LogP contribution in [0.15, 0.2) is 48.5 Å². The molecule has 3 aromatic rings. The number of hydrogen-bond acceptors (Lipinski definition) is 4. The van der Waals surface area contributed by atoms with Crippen LogP contribution in [0.1, 0.15) is 27.7 Å². The molecule has 0 aliphatic heterocycles. The van der Waals surface area contributed by atoms with Crippen molar-refractivity contribution in [2.75, 3.05) is 10.6 Å². The first kappa shape index (κ1) is 17.8. The second-order valence-electron chi connectivity index (χ2n) is 6.01. The van der Waals surface area contributed by atoms with Crippen LogP contribution in [0.2, 0.25) is 0 Å². The van der Waals surface area contributed by atoms with Gasteiger partial charge in [-0.1, -0.05) is 35.9 Å². The number of aryl methyl sites for hydroxylation is 2. The number of amides is 2. The summed E-state index contributed by atoms with van der Waals surface area (Å²) in [6, 6.07) is 14.9. The molecule has 0 radical (unpaired) electrons. The fraction of sp³-hybridized carbons (Fsp3) is 0.150. The van der Waals surface area contributed by atoms with Crippen molar-refractivity contribution in [2.24, 2.45) is 0 Å². The zero-order valence-electron chi connectivity index (χ0n) is 14.8. The predicted molar refractivity (Wildman–Crippen MR) is 106 cm³/mol. The van der Waals surface area contributed by atoms with Crippen LogP contribution in [0.4, 0.5) is 10.8 Å². The third-order valence-electron chi connectivity index (χ3n) is 3.79. The molecule has 2 aromatic carbocycles. The van der Waals surface area contributed by atoms with E-state index in [1.165, 1.54) is 23.8 Å². The minimum absolute atomic E-state index is 0.180. The van der Waals surface area contributed by atoms with Gasteiger partial charge in [-0.3, -0.25) is 14.9 Å².